The van der Waals surface area contributed by atoms with Crippen LogP contribution in [0.4, 0.5) is 0 Å². The Kier molecular flexibility index (Phi) is 6.57. The fourth-order valence-corrected chi connectivity index (χ4v) is 2.81. The normalized spacial score (nSPS) is 10.2. The maximum Gasteiger partial charge on any atom is 0.346 e. The molecule has 1 aromatic heterocycles. The molecule has 0 amide bonds. The van der Waals surface area contributed by atoms with E-state index >= 15 is 0 Å². The van der Waals surface area contributed by atoms with Crippen molar-refractivity contribution in [2.45, 2.75) is 0 Å². The van der Waals surface area contributed by atoms with Gasteiger partial charge in [0, 0.05) is 5.56 Å². The number of hydrogen-bond acceptors (Lipinski definition) is 8. The molecule has 1 heterocycles. The average Bonchev–Trinajstić information content (AvgIpc) is 3.10. The lowest BCUT2D eigenvalue weighted by Crippen LogP contribution is -2.18. The van der Waals surface area contributed by atoms with Gasteiger partial charge in [-0.3, -0.25) is 9.63 Å². The van der Waals surface area contributed by atoms with E-state index in [1.807, 2.05) is 0 Å². The summed E-state index contributed by atoms with van der Waals surface area (Å²) in [6.07, 6.45) is 0. The van der Waals surface area contributed by atoms with Crippen LogP contribution in [0.3, 0.4) is 0 Å². The first-order chi connectivity index (χ1) is 11.9. The molecule has 0 aliphatic rings. The molecule has 0 unspecified atom stereocenters. The Morgan fingerprint density at radius 2 is 1.96 bits per heavy atom. The first-order valence-electron chi connectivity index (χ1n) is 6.52. The topological polar surface area (TPSA) is 105 Å². The third-order valence-electron chi connectivity index (χ3n) is 2.76. The van der Waals surface area contributed by atoms with E-state index in [9.17, 15) is 19.7 Å². The van der Waals surface area contributed by atoms with Crippen LogP contribution >= 0.6 is 34.5 Å². The lowest BCUT2D eigenvalue weighted by Gasteiger charge is -2.11. The number of ketones is 1. The highest BCUT2D eigenvalue weighted by Gasteiger charge is 2.19. The van der Waals surface area contributed by atoms with E-state index in [4.69, 9.17) is 27.9 Å². The van der Waals surface area contributed by atoms with Crippen LogP contribution in [0.2, 0.25) is 10.0 Å². The molecule has 2 rings (SSSR count). The Labute approximate surface area is 154 Å². The summed E-state index contributed by atoms with van der Waals surface area (Å²) in [5, 5.41) is 10.5. The molecule has 0 aliphatic heterocycles. The molecule has 0 fully saturated rings. The molecule has 8 nitrogen and oxygen atoms in total. The Morgan fingerprint density at radius 3 is 2.60 bits per heavy atom. The van der Waals surface area contributed by atoms with Crippen molar-refractivity contribution in [2.75, 3.05) is 13.4 Å². The summed E-state index contributed by atoms with van der Waals surface area (Å²) >= 11 is 13.4. The van der Waals surface area contributed by atoms with Gasteiger partial charge in [0.2, 0.25) is 12.6 Å². The van der Waals surface area contributed by atoms with Gasteiger partial charge in [-0.2, -0.15) is 0 Å². The smallest absolute Gasteiger partial charge is 0.346 e. The minimum absolute atomic E-state index is 0.0115. The summed E-state index contributed by atoms with van der Waals surface area (Å²) in [4.78, 5) is 37.9. The third-order valence-corrected chi connectivity index (χ3v) is 4.49. The molecule has 0 saturated carbocycles. The number of carbonyl (C=O) groups is 2. The molecule has 0 atom stereocenters. The Bertz CT molecular complexity index is 795. The number of ether oxygens (including phenoxy) is 2. The predicted octanol–water partition coefficient (Wildman–Crippen LogP) is 3.37. The number of esters is 1. The van der Waals surface area contributed by atoms with Crippen molar-refractivity contribution < 1.29 is 29.0 Å². The van der Waals surface area contributed by atoms with Crippen LogP contribution in [0.15, 0.2) is 29.6 Å². The molecule has 0 bridgehead atoms. The number of carbonyl (C=O) groups excluding carboxylic acids is 2. The molecule has 0 N–H and O–H groups in total. The number of benzene rings is 1. The monoisotopic (exact) mass is 405 g/mol. The van der Waals surface area contributed by atoms with Gasteiger partial charge in [-0.15, -0.1) is 21.5 Å². The lowest BCUT2D eigenvalue weighted by molar-refractivity contribution is -0.765. The lowest BCUT2D eigenvalue weighted by atomic mass is 10.1. The van der Waals surface area contributed by atoms with E-state index in [1.165, 1.54) is 23.5 Å². The molecule has 132 valence electrons. The van der Waals surface area contributed by atoms with E-state index in [-0.39, 0.29) is 27.1 Å². The number of thiophene rings is 1. The quantitative estimate of drug-likeness (QED) is 0.218. The van der Waals surface area contributed by atoms with Crippen molar-refractivity contribution in [2.24, 2.45) is 0 Å². The van der Waals surface area contributed by atoms with Crippen LogP contribution in [0.5, 0.6) is 5.75 Å². The van der Waals surface area contributed by atoms with Gasteiger partial charge in [-0.1, -0.05) is 29.3 Å². The Hall–Kier alpha value is -2.36. The maximum absolute atomic E-state index is 12.3. The minimum Gasteiger partial charge on any atom is -0.480 e. The van der Waals surface area contributed by atoms with E-state index in [1.54, 1.807) is 17.5 Å². The van der Waals surface area contributed by atoms with Crippen molar-refractivity contribution in [1.82, 2.24) is 0 Å². The largest absolute Gasteiger partial charge is 0.480 e. The van der Waals surface area contributed by atoms with Crippen LogP contribution in [0, 0.1) is 10.1 Å². The zero-order valence-electron chi connectivity index (χ0n) is 12.3. The zero-order chi connectivity index (χ0) is 18.4. The van der Waals surface area contributed by atoms with Crippen molar-refractivity contribution in [3.8, 4) is 5.75 Å². The van der Waals surface area contributed by atoms with Crippen LogP contribution in [0.25, 0.3) is 0 Å². The standard InChI is InChI=1S/C14H9Cl2NO7S/c15-12-8(14(19)10-2-1-5-25-10)3-4-9(13(12)16)22-6-11(18)23-7-24-17(20)21/h1-5H,6-7H2. The summed E-state index contributed by atoms with van der Waals surface area (Å²) in [5.74, 6) is -1.14. The van der Waals surface area contributed by atoms with Crippen LogP contribution in [-0.4, -0.2) is 30.2 Å². The molecular weight excluding hydrogens is 397 g/mol. The van der Waals surface area contributed by atoms with E-state index < -0.39 is 24.5 Å². The third kappa shape index (κ3) is 5.05. The fourth-order valence-electron chi connectivity index (χ4n) is 1.67. The predicted molar refractivity (Wildman–Crippen MR) is 88.7 cm³/mol. The van der Waals surface area contributed by atoms with Crippen molar-refractivity contribution in [3.63, 3.8) is 0 Å². The number of rotatable bonds is 8. The van der Waals surface area contributed by atoms with E-state index in [2.05, 4.69) is 9.57 Å². The first kappa shape index (κ1) is 19.0. The summed E-state index contributed by atoms with van der Waals surface area (Å²) in [7, 11) is 0. The van der Waals surface area contributed by atoms with Crippen molar-refractivity contribution in [1.29, 1.82) is 0 Å². The summed E-state index contributed by atoms with van der Waals surface area (Å²) in [6, 6.07) is 6.20. The summed E-state index contributed by atoms with van der Waals surface area (Å²) in [6.45, 7) is -1.42. The maximum atomic E-state index is 12.3. The molecule has 0 saturated heterocycles. The molecule has 0 radical (unpaired) electrons. The zero-order valence-corrected chi connectivity index (χ0v) is 14.6. The highest BCUT2D eigenvalue weighted by Crippen LogP contribution is 2.36. The fraction of sp³-hybridized carbons (Fsp3) is 0.143. The highest BCUT2D eigenvalue weighted by atomic mass is 35.5. The second kappa shape index (κ2) is 8.65. The average molecular weight is 406 g/mol. The van der Waals surface area contributed by atoms with Gasteiger partial charge in [0.25, 0.3) is 5.09 Å². The van der Waals surface area contributed by atoms with Gasteiger partial charge in [-0.25, -0.2) is 4.79 Å². The number of nitrogens with zero attached hydrogens (tertiary/aromatic N) is 1. The minimum atomic E-state index is -1.10. The molecule has 11 heteroatoms. The van der Waals surface area contributed by atoms with Gasteiger partial charge in [0.05, 0.1) is 9.90 Å². The second-order valence-electron chi connectivity index (χ2n) is 4.32. The van der Waals surface area contributed by atoms with E-state index in [0.29, 0.717) is 4.88 Å². The van der Waals surface area contributed by atoms with Gasteiger partial charge < -0.3 is 9.47 Å². The van der Waals surface area contributed by atoms with Crippen LogP contribution in [0.1, 0.15) is 15.2 Å². The molecule has 25 heavy (non-hydrogen) atoms. The SMILES string of the molecule is O=C(COc1ccc(C(=O)c2cccs2)c(Cl)c1Cl)OCO[N+](=O)[O-]. The first-order valence-corrected chi connectivity index (χ1v) is 8.15. The van der Waals surface area contributed by atoms with Gasteiger partial charge in [0.1, 0.15) is 10.8 Å². The number of hydrogen-bond donors (Lipinski definition) is 0. The van der Waals surface area contributed by atoms with Crippen LogP contribution < -0.4 is 4.74 Å². The van der Waals surface area contributed by atoms with Crippen LogP contribution in [-0.2, 0) is 14.4 Å². The number of halogens is 2. The Balaban J connectivity index is 2.01. The van der Waals surface area contributed by atoms with Crippen molar-refractivity contribution in [3.05, 3.63) is 60.2 Å². The molecule has 2 aromatic rings. The highest BCUT2D eigenvalue weighted by molar-refractivity contribution is 7.12. The molecule has 0 spiro atoms. The summed E-state index contributed by atoms with van der Waals surface area (Å²) < 4.78 is 9.54. The summed E-state index contributed by atoms with van der Waals surface area (Å²) in [5.41, 5.74) is 0.198. The Morgan fingerprint density at radius 1 is 1.20 bits per heavy atom. The van der Waals surface area contributed by atoms with Gasteiger partial charge in [0.15, 0.2) is 6.61 Å². The molecule has 0 aliphatic carbocycles. The van der Waals surface area contributed by atoms with Gasteiger partial charge >= 0.3 is 5.97 Å². The van der Waals surface area contributed by atoms with E-state index in [0.717, 1.165) is 0 Å². The second-order valence-corrected chi connectivity index (χ2v) is 6.02. The molecule has 1 aromatic carbocycles. The van der Waals surface area contributed by atoms with Gasteiger partial charge in [-0.05, 0) is 23.6 Å². The van der Waals surface area contributed by atoms with Crippen molar-refractivity contribution >= 4 is 46.3 Å². The molecular formula is C14H9Cl2NO7S.